The van der Waals surface area contributed by atoms with Gasteiger partial charge in [-0.1, -0.05) is 0 Å². The number of ether oxygens (including phenoxy) is 2. The summed E-state index contributed by atoms with van der Waals surface area (Å²) in [5.74, 6) is 1.16. The number of benzene rings is 2. The molecule has 0 saturated heterocycles. The molecular formula is C22H28N2O5S. The van der Waals surface area contributed by atoms with Crippen molar-refractivity contribution in [3.63, 3.8) is 0 Å². The molecular weight excluding hydrogens is 404 g/mol. The maximum atomic E-state index is 12.9. The largest absolute Gasteiger partial charge is 0.497 e. The van der Waals surface area contributed by atoms with Gasteiger partial charge in [0, 0.05) is 30.7 Å². The highest BCUT2D eigenvalue weighted by Crippen LogP contribution is 2.41. The molecule has 1 N–H and O–H groups in total. The summed E-state index contributed by atoms with van der Waals surface area (Å²) in [6.45, 7) is 5.55. The van der Waals surface area contributed by atoms with Gasteiger partial charge in [0.25, 0.3) is 5.91 Å². The smallest absolute Gasteiger partial charge is 0.251 e. The zero-order valence-electron chi connectivity index (χ0n) is 17.9. The number of carbonyl (C=O) groups is 1. The topological polar surface area (TPSA) is 84.9 Å². The molecule has 8 heteroatoms. The first-order valence-electron chi connectivity index (χ1n) is 9.81. The van der Waals surface area contributed by atoms with E-state index in [2.05, 4.69) is 5.32 Å². The van der Waals surface area contributed by atoms with Gasteiger partial charge in [-0.25, -0.2) is 8.42 Å². The highest BCUT2D eigenvalue weighted by atomic mass is 32.2. The summed E-state index contributed by atoms with van der Waals surface area (Å²) < 4.78 is 36.6. The van der Waals surface area contributed by atoms with Crippen LogP contribution in [0.25, 0.3) is 0 Å². The lowest BCUT2D eigenvalue weighted by atomic mass is 9.89. The second-order valence-electron chi connectivity index (χ2n) is 7.91. The average molecular weight is 433 g/mol. The van der Waals surface area contributed by atoms with E-state index in [0.29, 0.717) is 29.2 Å². The predicted molar refractivity (Wildman–Crippen MR) is 117 cm³/mol. The summed E-state index contributed by atoms with van der Waals surface area (Å²) >= 11 is 0. The minimum Gasteiger partial charge on any atom is -0.497 e. The molecule has 3 rings (SSSR count). The molecule has 30 heavy (non-hydrogen) atoms. The van der Waals surface area contributed by atoms with E-state index in [-0.39, 0.29) is 17.7 Å². The minimum atomic E-state index is -3.35. The summed E-state index contributed by atoms with van der Waals surface area (Å²) in [5.41, 5.74) is 1.42. The van der Waals surface area contributed by atoms with Crippen LogP contribution >= 0.6 is 0 Å². The van der Waals surface area contributed by atoms with Gasteiger partial charge < -0.3 is 14.8 Å². The summed E-state index contributed by atoms with van der Waals surface area (Å²) in [7, 11) is -0.248. The highest BCUT2D eigenvalue weighted by Gasteiger charge is 2.35. The van der Waals surface area contributed by atoms with Crippen LogP contribution in [0.4, 0.5) is 5.69 Å². The molecule has 1 aliphatic rings. The Bertz CT molecular complexity index is 1030. The Morgan fingerprint density at radius 2 is 1.90 bits per heavy atom. The lowest BCUT2D eigenvalue weighted by molar-refractivity contribution is 0.0617. The molecule has 0 radical (unpaired) electrons. The van der Waals surface area contributed by atoms with Crippen LogP contribution in [-0.2, 0) is 10.0 Å². The molecule has 0 aromatic heterocycles. The van der Waals surface area contributed by atoms with Crippen molar-refractivity contribution in [1.29, 1.82) is 0 Å². The fraction of sp³-hybridized carbons (Fsp3) is 0.409. The Morgan fingerprint density at radius 1 is 1.23 bits per heavy atom. The van der Waals surface area contributed by atoms with Crippen LogP contribution in [0, 0.1) is 0 Å². The van der Waals surface area contributed by atoms with E-state index in [9.17, 15) is 13.2 Å². The Labute approximate surface area is 178 Å². The molecule has 7 nitrogen and oxygen atoms in total. The van der Waals surface area contributed by atoms with Gasteiger partial charge in [0.15, 0.2) is 0 Å². The van der Waals surface area contributed by atoms with Gasteiger partial charge in [-0.3, -0.25) is 9.10 Å². The highest BCUT2D eigenvalue weighted by molar-refractivity contribution is 7.92. The molecule has 1 aliphatic heterocycles. The first-order chi connectivity index (χ1) is 14.1. The van der Waals surface area contributed by atoms with Crippen molar-refractivity contribution in [2.24, 2.45) is 0 Å². The van der Waals surface area contributed by atoms with E-state index in [1.807, 2.05) is 32.0 Å². The predicted octanol–water partition coefficient (Wildman–Crippen LogP) is 3.51. The van der Waals surface area contributed by atoms with Crippen LogP contribution < -0.4 is 19.1 Å². The van der Waals surface area contributed by atoms with Crippen LogP contribution in [0.2, 0.25) is 0 Å². The monoisotopic (exact) mass is 432 g/mol. The Balaban J connectivity index is 1.81. The molecule has 1 amide bonds. The van der Waals surface area contributed by atoms with Gasteiger partial charge in [0.2, 0.25) is 10.0 Å². The van der Waals surface area contributed by atoms with Crippen molar-refractivity contribution in [2.75, 3.05) is 24.2 Å². The molecule has 0 unspecified atom stereocenters. The van der Waals surface area contributed by atoms with Crippen molar-refractivity contribution in [2.45, 2.75) is 38.8 Å². The summed E-state index contributed by atoms with van der Waals surface area (Å²) in [5, 5.41) is 3.08. The lowest BCUT2D eigenvalue weighted by Crippen LogP contribution is -2.41. The first kappa shape index (κ1) is 22.0. The van der Waals surface area contributed by atoms with Crippen LogP contribution in [0.15, 0.2) is 42.5 Å². The fourth-order valence-electron chi connectivity index (χ4n) is 3.51. The number of rotatable bonds is 6. The van der Waals surface area contributed by atoms with E-state index in [4.69, 9.17) is 9.47 Å². The molecule has 1 atom stereocenters. The number of hydrogen-bond acceptors (Lipinski definition) is 5. The zero-order valence-corrected chi connectivity index (χ0v) is 18.7. The molecule has 0 fully saturated rings. The van der Waals surface area contributed by atoms with Crippen LogP contribution in [0.3, 0.4) is 0 Å². The standard InChI is InChI=1S/C22H28N2O5S/c1-6-30(26,27)24(4)16-9-7-15(8-10-16)21(25)23-19-14-22(2,3)29-20-13-17(28-5)11-12-18(19)20/h7-13,19H,6,14H2,1-5H3,(H,23,25)/t19-/m1/s1. The quantitative estimate of drug-likeness (QED) is 0.755. The Hall–Kier alpha value is -2.74. The number of nitrogens with zero attached hydrogens (tertiary/aromatic N) is 1. The normalized spacial score (nSPS) is 17.4. The van der Waals surface area contributed by atoms with Crippen molar-refractivity contribution < 1.29 is 22.7 Å². The van der Waals surface area contributed by atoms with E-state index < -0.39 is 15.6 Å². The van der Waals surface area contributed by atoms with Gasteiger partial charge in [0.1, 0.15) is 17.1 Å². The number of hydrogen-bond donors (Lipinski definition) is 1. The van der Waals surface area contributed by atoms with Crippen LogP contribution in [0.1, 0.15) is 49.2 Å². The summed E-state index contributed by atoms with van der Waals surface area (Å²) in [6, 6.07) is 11.9. The number of nitrogens with one attached hydrogen (secondary N) is 1. The summed E-state index contributed by atoms with van der Waals surface area (Å²) in [4.78, 5) is 12.9. The van der Waals surface area contributed by atoms with Crippen molar-refractivity contribution in [3.05, 3.63) is 53.6 Å². The third-order valence-corrected chi connectivity index (χ3v) is 7.03. The van der Waals surface area contributed by atoms with Crippen LogP contribution in [0.5, 0.6) is 11.5 Å². The van der Waals surface area contributed by atoms with Gasteiger partial charge in [-0.05, 0) is 57.2 Å². The molecule has 0 bridgehead atoms. The second-order valence-corrected chi connectivity index (χ2v) is 10.2. The van der Waals surface area contributed by atoms with Gasteiger partial charge >= 0.3 is 0 Å². The number of methoxy groups -OCH3 is 1. The molecule has 0 aliphatic carbocycles. The third-order valence-electron chi connectivity index (χ3n) is 5.26. The average Bonchev–Trinajstić information content (AvgIpc) is 2.71. The van der Waals surface area contributed by atoms with E-state index >= 15 is 0 Å². The molecule has 1 heterocycles. The number of amides is 1. The molecule has 0 saturated carbocycles. The lowest BCUT2D eigenvalue weighted by Gasteiger charge is -2.38. The number of anilines is 1. The minimum absolute atomic E-state index is 0.00939. The van der Waals surface area contributed by atoms with E-state index in [0.717, 1.165) is 5.56 Å². The Morgan fingerprint density at radius 3 is 2.50 bits per heavy atom. The summed E-state index contributed by atoms with van der Waals surface area (Å²) in [6.07, 6.45) is 0.619. The Kier molecular flexibility index (Phi) is 5.99. The van der Waals surface area contributed by atoms with Gasteiger partial charge in [-0.2, -0.15) is 0 Å². The maximum Gasteiger partial charge on any atom is 0.251 e. The number of sulfonamides is 1. The van der Waals surface area contributed by atoms with Gasteiger partial charge in [-0.15, -0.1) is 0 Å². The molecule has 2 aromatic carbocycles. The third kappa shape index (κ3) is 4.53. The number of carbonyl (C=O) groups excluding carboxylic acids is 1. The zero-order chi connectivity index (χ0) is 22.1. The van der Waals surface area contributed by atoms with Crippen LogP contribution in [-0.4, -0.2) is 39.8 Å². The molecule has 2 aromatic rings. The molecule has 162 valence electrons. The van der Waals surface area contributed by atoms with Crippen molar-refractivity contribution in [3.8, 4) is 11.5 Å². The fourth-order valence-corrected chi connectivity index (χ4v) is 4.34. The van der Waals surface area contributed by atoms with E-state index in [1.54, 1.807) is 38.3 Å². The van der Waals surface area contributed by atoms with Gasteiger partial charge in [0.05, 0.1) is 24.6 Å². The molecule has 0 spiro atoms. The second kappa shape index (κ2) is 8.18. The number of fused-ring (bicyclic) bond motifs is 1. The van der Waals surface area contributed by atoms with E-state index in [1.165, 1.54) is 11.4 Å². The first-order valence-corrected chi connectivity index (χ1v) is 11.4. The van der Waals surface area contributed by atoms with Crippen molar-refractivity contribution >= 4 is 21.6 Å². The van der Waals surface area contributed by atoms with Crippen molar-refractivity contribution in [1.82, 2.24) is 5.32 Å². The maximum absolute atomic E-state index is 12.9. The SMILES string of the molecule is CCS(=O)(=O)N(C)c1ccc(C(=O)N[C@@H]2CC(C)(C)Oc3cc(OC)ccc32)cc1.